The van der Waals surface area contributed by atoms with Crippen LogP contribution < -0.4 is 0 Å². The van der Waals surface area contributed by atoms with Crippen molar-refractivity contribution in [2.24, 2.45) is 23.9 Å². The van der Waals surface area contributed by atoms with E-state index in [2.05, 4.69) is 47.6 Å². The zero-order valence-corrected chi connectivity index (χ0v) is 20.6. The molecule has 0 unspecified atom stereocenters. The molecular weight excluding hydrogens is 438 g/mol. The molecule has 1 aliphatic carbocycles. The predicted octanol–water partition coefficient (Wildman–Crippen LogP) is 3.87. The highest BCUT2D eigenvalue weighted by atomic mass is 16.2. The number of aromatic nitrogens is 2. The van der Waals surface area contributed by atoms with Crippen molar-refractivity contribution < 1.29 is 9.59 Å². The second kappa shape index (κ2) is 8.04. The minimum Gasteiger partial charge on any atom is -0.342 e. The Labute approximate surface area is 205 Å². The fourth-order valence-corrected chi connectivity index (χ4v) is 5.37. The fourth-order valence-electron chi connectivity index (χ4n) is 5.37. The molecule has 7 nitrogen and oxygen atoms in total. The number of hydrogen-bond acceptors (Lipinski definition) is 4. The number of benzene rings is 2. The van der Waals surface area contributed by atoms with Gasteiger partial charge in [-0.3, -0.25) is 24.2 Å². The summed E-state index contributed by atoms with van der Waals surface area (Å²) < 4.78 is 1.87. The summed E-state index contributed by atoms with van der Waals surface area (Å²) in [6, 6.07) is 14.7. The third-order valence-corrected chi connectivity index (χ3v) is 7.60. The average Bonchev–Trinajstić information content (AvgIpc) is 3.43. The maximum absolute atomic E-state index is 13.3. The van der Waals surface area contributed by atoms with Crippen molar-refractivity contribution in [1.82, 2.24) is 19.6 Å². The predicted molar refractivity (Wildman–Crippen MR) is 136 cm³/mol. The molecule has 1 saturated heterocycles. The maximum Gasteiger partial charge on any atom is 0.255 e. The summed E-state index contributed by atoms with van der Waals surface area (Å²) in [7, 11) is 1.95. The number of aliphatic imine (C=N–C) groups is 1. The molecule has 3 heterocycles. The monoisotopic (exact) mass is 469 g/mol. The van der Waals surface area contributed by atoms with Gasteiger partial charge in [-0.05, 0) is 62.3 Å². The van der Waals surface area contributed by atoms with Gasteiger partial charge in [-0.2, -0.15) is 5.10 Å². The number of hydrogen-bond donors (Lipinski definition) is 0. The van der Waals surface area contributed by atoms with E-state index < -0.39 is 5.54 Å². The van der Waals surface area contributed by atoms with Gasteiger partial charge in [0, 0.05) is 43.5 Å². The normalized spacial score (nSPS) is 21.7. The number of nitrogens with zero attached hydrogens (tertiary/aromatic N) is 5. The minimum atomic E-state index is -0.776. The SMILES string of the molecule is Cn1ncc2cc(-c3ccc(C4=NC(C)(C)C(=O)N4C[C@@H]4CCN(C(=O)C5CC5)C4)cc3)ccc21. The minimum absolute atomic E-state index is 0.0329. The van der Waals surface area contributed by atoms with Gasteiger partial charge in [0.05, 0.1) is 11.7 Å². The Morgan fingerprint density at radius 3 is 2.49 bits per heavy atom. The van der Waals surface area contributed by atoms with E-state index in [1.54, 1.807) is 0 Å². The Bertz CT molecular complexity index is 1350. The summed E-state index contributed by atoms with van der Waals surface area (Å²) in [4.78, 5) is 34.4. The highest BCUT2D eigenvalue weighted by Crippen LogP contribution is 2.34. The Morgan fingerprint density at radius 1 is 1.03 bits per heavy atom. The van der Waals surface area contributed by atoms with E-state index in [-0.39, 0.29) is 17.7 Å². The molecule has 0 spiro atoms. The first-order valence-corrected chi connectivity index (χ1v) is 12.5. The van der Waals surface area contributed by atoms with Crippen molar-refractivity contribution >= 4 is 28.6 Å². The molecule has 0 bridgehead atoms. The summed E-state index contributed by atoms with van der Waals surface area (Å²) >= 11 is 0. The second-order valence-corrected chi connectivity index (χ2v) is 10.7. The fraction of sp³-hybridized carbons (Fsp3) is 0.429. The smallest absolute Gasteiger partial charge is 0.255 e. The van der Waals surface area contributed by atoms with Gasteiger partial charge in [0.2, 0.25) is 5.91 Å². The molecular formula is C28H31N5O2. The summed E-state index contributed by atoms with van der Waals surface area (Å²) in [5.74, 6) is 1.60. The quantitative estimate of drug-likeness (QED) is 0.570. The highest BCUT2D eigenvalue weighted by Gasteiger charge is 2.43. The molecule has 3 aromatic rings. The van der Waals surface area contributed by atoms with Gasteiger partial charge in [-0.25, -0.2) is 0 Å². The number of fused-ring (bicyclic) bond motifs is 1. The number of aryl methyl sites for hydroxylation is 1. The van der Waals surface area contributed by atoms with Crippen LogP contribution in [0.25, 0.3) is 22.0 Å². The molecule has 180 valence electrons. The van der Waals surface area contributed by atoms with Crippen LogP contribution in [0.15, 0.2) is 53.7 Å². The lowest BCUT2D eigenvalue weighted by molar-refractivity contribution is -0.131. The first kappa shape index (κ1) is 22.0. The van der Waals surface area contributed by atoms with Crippen LogP contribution in [0.5, 0.6) is 0 Å². The van der Waals surface area contributed by atoms with E-state index in [4.69, 9.17) is 4.99 Å². The molecule has 3 aliphatic rings. The molecule has 2 aromatic carbocycles. The van der Waals surface area contributed by atoms with E-state index in [9.17, 15) is 9.59 Å². The van der Waals surface area contributed by atoms with Crippen LogP contribution in [0.3, 0.4) is 0 Å². The lowest BCUT2D eigenvalue weighted by atomic mass is 10.0. The van der Waals surface area contributed by atoms with Crippen molar-refractivity contribution in [2.45, 2.75) is 38.6 Å². The van der Waals surface area contributed by atoms with Crippen molar-refractivity contribution in [3.63, 3.8) is 0 Å². The van der Waals surface area contributed by atoms with E-state index in [1.165, 1.54) is 0 Å². The topological polar surface area (TPSA) is 70.8 Å². The first-order valence-electron chi connectivity index (χ1n) is 12.5. The van der Waals surface area contributed by atoms with Gasteiger partial charge in [0.15, 0.2) is 0 Å². The van der Waals surface area contributed by atoms with Crippen molar-refractivity contribution in [3.05, 3.63) is 54.2 Å². The standard InChI is InChI=1S/C28H31N5O2/c1-28(2)27(35)33(17-18-12-13-32(16-18)26(34)21-8-9-21)25(30-28)20-6-4-19(5-7-20)22-10-11-24-23(14-22)15-29-31(24)3/h4-7,10-11,14-15,18,21H,8-9,12-13,16-17H2,1-3H3/t18-/m1/s1. The zero-order chi connectivity index (χ0) is 24.3. The number of likely N-dealkylation sites (tertiary alicyclic amines) is 1. The second-order valence-electron chi connectivity index (χ2n) is 10.7. The summed E-state index contributed by atoms with van der Waals surface area (Å²) in [5, 5.41) is 5.45. The molecule has 35 heavy (non-hydrogen) atoms. The molecule has 2 amide bonds. The van der Waals surface area contributed by atoms with Gasteiger partial charge < -0.3 is 4.90 Å². The molecule has 2 fully saturated rings. The van der Waals surface area contributed by atoms with E-state index in [0.717, 1.165) is 65.8 Å². The molecule has 2 aliphatic heterocycles. The number of rotatable bonds is 5. The van der Waals surface area contributed by atoms with Crippen molar-refractivity contribution in [2.75, 3.05) is 19.6 Å². The van der Waals surface area contributed by atoms with Crippen LogP contribution in [0.1, 0.15) is 38.7 Å². The highest BCUT2D eigenvalue weighted by molar-refractivity contribution is 6.15. The number of carbonyl (C=O) groups excluding carboxylic acids is 2. The molecule has 6 rings (SSSR count). The van der Waals surface area contributed by atoms with Gasteiger partial charge in [0.25, 0.3) is 5.91 Å². The number of carbonyl (C=O) groups is 2. The zero-order valence-electron chi connectivity index (χ0n) is 20.6. The van der Waals surface area contributed by atoms with Crippen LogP contribution in [0.4, 0.5) is 0 Å². The molecule has 0 radical (unpaired) electrons. The van der Waals surface area contributed by atoms with Gasteiger partial charge >= 0.3 is 0 Å². The van der Waals surface area contributed by atoms with Gasteiger partial charge in [0.1, 0.15) is 11.4 Å². The van der Waals surface area contributed by atoms with E-state index in [0.29, 0.717) is 12.5 Å². The van der Waals surface area contributed by atoms with Crippen LogP contribution in [0, 0.1) is 11.8 Å². The molecule has 1 saturated carbocycles. The number of amides is 2. The Hall–Kier alpha value is -3.48. The Balaban J connectivity index is 1.22. The Kier molecular flexibility index (Phi) is 5.06. The lowest BCUT2D eigenvalue weighted by Crippen LogP contribution is -2.42. The van der Waals surface area contributed by atoms with Gasteiger partial charge in [-0.15, -0.1) is 0 Å². The third kappa shape index (κ3) is 3.93. The summed E-state index contributed by atoms with van der Waals surface area (Å²) in [6.07, 6.45) is 4.88. The van der Waals surface area contributed by atoms with Crippen LogP contribution in [0.2, 0.25) is 0 Å². The third-order valence-electron chi connectivity index (χ3n) is 7.60. The summed E-state index contributed by atoms with van der Waals surface area (Å²) in [6.45, 7) is 5.90. The molecule has 0 N–H and O–H groups in total. The number of amidine groups is 1. The average molecular weight is 470 g/mol. The van der Waals surface area contributed by atoms with Gasteiger partial charge in [-0.1, -0.05) is 30.3 Å². The maximum atomic E-state index is 13.3. The van der Waals surface area contributed by atoms with Crippen molar-refractivity contribution in [1.29, 1.82) is 0 Å². The van der Waals surface area contributed by atoms with E-state index >= 15 is 0 Å². The molecule has 1 atom stereocenters. The van der Waals surface area contributed by atoms with Crippen LogP contribution >= 0.6 is 0 Å². The lowest BCUT2D eigenvalue weighted by Gasteiger charge is -2.24. The van der Waals surface area contributed by atoms with Crippen LogP contribution in [-0.2, 0) is 16.6 Å². The van der Waals surface area contributed by atoms with Crippen LogP contribution in [-0.4, -0.2) is 62.4 Å². The van der Waals surface area contributed by atoms with E-state index in [1.807, 2.05) is 41.6 Å². The summed E-state index contributed by atoms with van der Waals surface area (Å²) in [5.41, 5.74) is 3.51. The first-order chi connectivity index (χ1) is 16.8. The molecule has 1 aromatic heterocycles. The largest absolute Gasteiger partial charge is 0.342 e. The molecule has 7 heteroatoms. The Morgan fingerprint density at radius 2 is 1.74 bits per heavy atom. The van der Waals surface area contributed by atoms with Crippen molar-refractivity contribution in [3.8, 4) is 11.1 Å².